The van der Waals surface area contributed by atoms with E-state index >= 15 is 0 Å². The Morgan fingerprint density at radius 1 is 1.12 bits per heavy atom. The van der Waals surface area contributed by atoms with Crippen LogP contribution in [-0.2, 0) is 6.42 Å². The van der Waals surface area contributed by atoms with E-state index in [0.29, 0.717) is 12.0 Å². The molecule has 0 bridgehead atoms. The zero-order valence-corrected chi connectivity index (χ0v) is 9.04. The van der Waals surface area contributed by atoms with Crippen LogP contribution >= 0.6 is 0 Å². The molecule has 0 aliphatic carbocycles. The number of phenols is 1. The van der Waals surface area contributed by atoms with Crippen LogP contribution in [0.5, 0.6) is 5.75 Å². The number of hydrogen-bond acceptors (Lipinski definition) is 3. The molecule has 0 radical (unpaired) electrons. The van der Waals surface area contributed by atoms with E-state index in [0.717, 1.165) is 5.56 Å². The largest absolute Gasteiger partial charge is 0.508 e. The Hall–Kier alpha value is -2.36. The molecule has 2 rings (SSSR count). The van der Waals surface area contributed by atoms with Gasteiger partial charge in [-0.05, 0) is 17.7 Å². The van der Waals surface area contributed by atoms with E-state index in [1.54, 1.807) is 6.07 Å². The molecule has 0 saturated carbocycles. The third-order valence-corrected chi connectivity index (χ3v) is 2.50. The molecule has 0 aliphatic heterocycles. The maximum Gasteiger partial charge on any atom is 0.276 e. The van der Waals surface area contributed by atoms with E-state index in [9.17, 15) is 15.2 Å². The lowest BCUT2D eigenvalue weighted by Gasteiger charge is -2.03. The summed E-state index contributed by atoms with van der Waals surface area (Å²) in [6.45, 7) is 0. The third-order valence-electron chi connectivity index (χ3n) is 2.50. The molecule has 0 spiro atoms. The van der Waals surface area contributed by atoms with Crippen LogP contribution in [0.25, 0.3) is 0 Å². The van der Waals surface area contributed by atoms with Crippen molar-refractivity contribution in [2.75, 3.05) is 0 Å². The van der Waals surface area contributed by atoms with Gasteiger partial charge in [0.05, 0.1) is 11.0 Å². The number of phenolic OH excluding ortho intramolecular Hbond substituents is 1. The molecule has 0 aromatic heterocycles. The smallest absolute Gasteiger partial charge is 0.276 e. The van der Waals surface area contributed by atoms with Gasteiger partial charge in [0, 0.05) is 12.0 Å². The number of benzene rings is 2. The number of nitro groups is 1. The second kappa shape index (κ2) is 4.65. The molecule has 0 unspecified atom stereocenters. The zero-order valence-electron chi connectivity index (χ0n) is 9.04. The van der Waals surface area contributed by atoms with E-state index in [-0.39, 0.29) is 11.4 Å². The van der Waals surface area contributed by atoms with Gasteiger partial charge >= 0.3 is 0 Å². The predicted molar refractivity (Wildman–Crippen MR) is 64.0 cm³/mol. The third kappa shape index (κ3) is 2.60. The lowest BCUT2D eigenvalue weighted by Crippen LogP contribution is -1.96. The van der Waals surface area contributed by atoms with Crippen LogP contribution in [-0.4, -0.2) is 10.0 Å². The molecular weight excluding hydrogens is 218 g/mol. The molecule has 0 fully saturated rings. The van der Waals surface area contributed by atoms with Crippen molar-refractivity contribution >= 4 is 5.69 Å². The summed E-state index contributed by atoms with van der Waals surface area (Å²) in [6, 6.07) is 13.7. The minimum atomic E-state index is -0.474. The number of nitro benzene ring substituents is 1. The topological polar surface area (TPSA) is 63.4 Å². The fourth-order valence-corrected chi connectivity index (χ4v) is 1.69. The summed E-state index contributed by atoms with van der Waals surface area (Å²) in [5.74, 6) is -0.0893. The fraction of sp³-hybridized carbons (Fsp3) is 0.0769. The maximum absolute atomic E-state index is 10.9. The lowest BCUT2D eigenvalue weighted by atomic mass is 10.0. The van der Waals surface area contributed by atoms with E-state index in [1.807, 2.05) is 30.3 Å². The second-order valence-electron chi connectivity index (χ2n) is 3.73. The second-order valence-corrected chi connectivity index (χ2v) is 3.73. The molecule has 17 heavy (non-hydrogen) atoms. The predicted octanol–water partition coefficient (Wildman–Crippen LogP) is 2.89. The quantitative estimate of drug-likeness (QED) is 0.650. The average molecular weight is 229 g/mol. The van der Waals surface area contributed by atoms with E-state index in [2.05, 4.69) is 0 Å². The van der Waals surface area contributed by atoms with Crippen LogP contribution in [0.4, 0.5) is 5.69 Å². The molecule has 86 valence electrons. The molecule has 0 amide bonds. The first-order valence-corrected chi connectivity index (χ1v) is 5.17. The summed E-state index contributed by atoms with van der Waals surface area (Å²) < 4.78 is 0. The minimum Gasteiger partial charge on any atom is -0.508 e. The first-order valence-electron chi connectivity index (χ1n) is 5.17. The van der Waals surface area contributed by atoms with Gasteiger partial charge in [0.1, 0.15) is 5.75 Å². The molecule has 0 atom stereocenters. The highest BCUT2D eigenvalue weighted by Gasteiger charge is 2.14. The highest BCUT2D eigenvalue weighted by atomic mass is 16.6. The first kappa shape index (κ1) is 11.1. The van der Waals surface area contributed by atoms with Crippen molar-refractivity contribution in [1.29, 1.82) is 0 Å². The summed E-state index contributed by atoms with van der Waals surface area (Å²) in [5.41, 5.74) is 1.55. The molecule has 0 aliphatic rings. The van der Waals surface area contributed by atoms with Crippen molar-refractivity contribution in [2.24, 2.45) is 0 Å². The normalized spacial score (nSPS) is 10.1. The lowest BCUT2D eigenvalue weighted by molar-refractivity contribution is -0.385. The molecule has 2 aromatic carbocycles. The van der Waals surface area contributed by atoms with Crippen molar-refractivity contribution < 1.29 is 10.0 Å². The molecule has 0 saturated heterocycles. The van der Waals surface area contributed by atoms with E-state index in [1.165, 1.54) is 12.1 Å². The summed E-state index contributed by atoms with van der Waals surface area (Å²) in [5, 5.41) is 20.1. The summed E-state index contributed by atoms with van der Waals surface area (Å²) in [6.07, 6.45) is 0.484. The first-order chi connectivity index (χ1) is 8.16. The zero-order chi connectivity index (χ0) is 12.3. The van der Waals surface area contributed by atoms with Crippen LogP contribution < -0.4 is 0 Å². The monoisotopic (exact) mass is 229 g/mol. The number of nitrogens with zero attached hydrogens (tertiary/aromatic N) is 1. The Morgan fingerprint density at radius 2 is 1.82 bits per heavy atom. The Kier molecular flexibility index (Phi) is 3.05. The van der Waals surface area contributed by atoms with Crippen molar-refractivity contribution in [3.05, 3.63) is 69.8 Å². The van der Waals surface area contributed by atoms with Gasteiger partial charge in [-0.25, -0.2) is 0 Å². The molecule has 2 aromatic rings. The van der Waals surface area contributed by atoms with Crippen LogP contribution in [0.15, 0.2) is 48.5 Å². The Balaban J connectivity index is 2.36. The van der Waals surface area contributed by atoms with Crippen LogP contribution in [0.2, 0.25) is 0 Å². The highest BCUT2D eigenvalue weighted by Crippen LogP contribution is 2.25. The molecular formula is C13H11NO3. The van der Waals surface area contributed by atoms with Gasteiger partial charge in [0.15, 0.2) is 0 Å². The summed E-state index contributed by atoms with van der Waals surface area (Å²) in [7, 11) is 0. The Morgan fingerprint density at radius 3 is 2.47 bits per heavy atom. The Bertz CT molecular complexity index is 538. The van der Waals surface area contributed by atoms with Crippen molar-refractivity contribution in [3.63, 3.8) is 0 Å². The molecule has 0 heterocycles. The average Bonchev–Trinajstić information content (AvgIpc) is 2.32. The number of rotatable bonds is 3. The van der Waals surface area contributed by atoms with E-state index < -0.39 is 4.92 Å². The van der Waals surface area contributed by atoms with Crippen LogP contribution in [0.1, 0.15) is 11.1 Å². The van der Waals surface area contributed by atoms with Gasteiger partial charge in [-0.1, -0.05) is 30.3 Å². The fourth-order valence-electron chi connectivity index (χ4n) is 1.69. The molecule has 1 N–H and O–H groups in total. The van der Waals surface area contributed by atoms with Crippen LogP contribution in [0.3, 0.4) is 0 Å². The molecule has 4 nitrogen and oxygen atoms in total. The van der Waals surface area contributed by atoms with Crippen molar-refractivity contribution in [3.8, 4) is 5.75 Å². The van der Waals surface area contributed by atoms with Gasteiger partial charge in [-0.2, -0.15) is 0 Å². The van der Waals surface area contributed by atoms with Gasteiger partial charge in [0.25, 0.3) is 5.69 Å². The number of hydrogen-bond donors (Lipinski definition) is 1. The van der Waals surface area contributed by atoms with Gasteiger partial charge in [0.2, 0.25) is 0 Å². The maximum atomic E-state index is 10.9. The number of aromatic hydroxyl groups is 1. The Labute approximate surface area is 98.3 Å². The summed E-state index contributed by atoms with van der Waals surface area (Å²) >= 11 is 0. The van der Waals surface area contributed by atoms with Crippen molar-refractivity contribution in [1.82, 2.24) is 0 Å². The van der Waals surface area contributed by atoms with Gasteiger partial charge in [-0.15, -0.1) is 0 Å². The van der Waals surface area contributed by atoms with Crippen molar-refractivity contribution in [2.45, 2.75) is 6.42 Å². The standard InChI is InChI=1S/C13H11NO3/c15-12-7-6-11(13(9-12)14(16)17)8-10-4-2-1-3-5-10/h1-7,9,15H,8H2. The summed E-state index contributed by atoms with van der Waals surface area (Å²) in [4.78, 5) is 10.4. The van der Waals surface area contributed by atoms with Gasteiger partial charge < -0.3 is 5.11 Å². The SMILES string of the molecule is O=[N+]([O-])c1cc(O)ccc1Cc1ccccc1. The highest BCUT2D eigenvalue weighted by molar-refractivity contribution is 5.47. The van der Waals surface area contributed by atoms with E-state index in [4.69, 9.17) is 0 Å². The van der Waals surface area contributed by atoms with Crippen LogP contribution in [0, 0.1) is 10.1 Å². The van der Waals surface area contributed by atoms with Gasteiger partial charge in [-0.3, -0.25) is 10.1 Å². The minimum absolute atomic E-state index is 0.0474. The molecule has 4 heteroatoms.